The molecule has 1 saturated heterocycles. The number of thiophene rings is 1. The summed E-state index contributed by atoms with van der Waals surface area (Å²) in [4.78, 5) is 16.0. The molecule has 1 aliphatic heterocycles. The van der Waals surface area contributed by atoms with Crippen LogP contribution in [-0.4, -0.2) is 37.1 Å². The number of likely N-dealkylation sites (tertiary alicyclic amines) is 1. The molecule has 2 heterocycles. The van der Waals surface area contributed by atoms with Crippen molar-refractivity contribution in [1.29, 1.82) is 0 Å². The molecule has 1 fully saturated rings. The predicted molar refractivity (Wildman–Crippen MR) is 129 cm³/mol. The number of carbonyl (C=O) groups excluding carboxylic acids is 1. The molecule has 5 rings (SSSR count). The minimum absolute atomic E-state index is 0.0196. The summed E-state index contributed by atoms with van der Waals surface area (Å²) in [5.74, 6) is -1.03. The van der Waals surface area contributed by atoms with Crippen LogP contribution >= 0.6 is 11.3 Å². The monoisotopic (exact) mass is 482 g/mol. The van der Waals surface area contributed by atoms with Gasteiger partial charge in [0, 0.05) is 29.5 Å². The number of piperidine rings is 1. The third-order valence-corrected chi connectivity index (χ3v) is 8.23. The molecule has 0 saturated carbocycles. The molecule has 1 N–H and O–H groups in total. The van der Waals surface area contributed by atoms with E-state index >= 15 is 0 Å². The molecule has 0 bridgehead atoms. The Morgan fingerprint density at radius 3 is 2.50 bits per heavy atom. The summed E-state index contributed by atoms with van der Waals surface area (Å²) in [6.07, 6.45) is 1.72. The van der Waals surface area contributed by atoms with E-state index in [1.807, 2.05) is 29.6 Å². The second kappa shape index (κ2) is 9.56. The second-order valence-corrected chi connectivity index (χ2v) is 10.2. The van der Waals surface area contributed by atoms with Gasteiger partial charge in [-0.1, -0.05) is 36.4 Å². The zero-order chi connectivity index (χ0) is 23.7. The SMILES string of the molecule is CO[C@H]1[C@H](NC(=O)Cc2cccs2)c2ccccc2C12CCN(Cc1c(F)cccc1F)CC2. The molecule has 3 aromatic rings. The van der Waals surface area contributed by atoms with Crippen molar-refractivity contribution in [3.63, 3.8) is 0 Å². The Labute approximate surface area is 202 Å². The molecule has 1 aromatic heterocycles. The van der Waals surface area contributed by atoms with Crippen LogP contribution in [0.4, 0.5) is 8.78 Å². The van der Waals surface area contributed by atoms with Gasteiger partial charge in [0.1, 0.15) is 11.6 Å². The highest BCUT2D eigenvalue weighted by Crippen LogP contribution is 2.52. The van der Waals surface area contributed by atoms with Crippen LogP contribution < -0.4 is 5.32 Å². The van der Waals surface area contributed by atoms with E-state index in [1.165, 1.54) is 23.8 Å². The number of rotatable bonds is 6. The molecule has 4 nitrogen and oxygen atoms in total. The van der Waals surface area contributed by atoms with Gasteiger partial charge in [-0.15, -0.1) is 11.3 Å². The van der Waals surface area contributed by atoms with Gasteiger partial charge in [0.25, 0.3) is 0 Å². The van der Waals surface area contributed by atoms with E-state index in [9.17, 15) is 13.6 Å². The quantitative estimate of drug-likeness (QED) is 0.538. The zero-order valence-corrected chi connectivity index (χ0v) is 19.9. The van der Waals surface area contributed by atoms with Gasteiger partial charge in [-0.3, -0.25) is 9.69 Å². The molecule has 1 spiro atoms. The van der Waals surface area contributed by atoms with Gasteiger partial charge >= 0.3 is 0 Å². The average molecular weight is 483 g/mol. The van der Waals surface area contributed by atoms with Crippen LogP contribution in [0.15, 0.2) is 60.0 Å². The molecule has 0 unspecified atom stereocenters. The van der Waals surface area contributed by atoms with E-state index in [2.05, 4.69) is 22.3 Å². The molecular formula is C27H28F2N2O2S. The molecule has 178 valence electrons. The Bertz CT molecular complexity index is 1140. The van der Waals surface area contributed by atoms with E-state index < -0.39 is 11.6 Å². The molecule has 2 atom stereocenters. The number of carbonyl (C=O) groups is 1. The Morgan fingerprint density at radius 2 is 1.82 bits per heavy atom. The van der Waals surface area contributed by atoms with Crippen molar-refractivity contribution >= 4 is 17.2 Å². The van der Waals surface area contributed by atoms with Crippen molar-refractivity contribution in [3.8, 4) is 0 Å². The highest BCUT2D eigenvalue weighted by molar-refractivity contribution is 7.10. The van der Waals surface area contributed by atoms with Gasteiger partial charge in [-0.25, -0.2) is 8.78 Å². The molecule has 1 aliphatic carbocycles. The van der Waals surface area contributed by atoms with E-state index in [1.54, 1.807) is 18.4 Å². The Hall–Kier alpha value is -2.61. The van der Waals surface area contributed by atoms with Crippen LogP contribution in [-0.2, 0) is 27.9 Å². The minimum Gasteiger partial charge on any atom is -0.378 e. The normalized spacial score (nSPS) is 21.5. The lowest BCUT2D eigenvalue weighted by molar-refractivity contribution is -0.122. The molecular weight excluding hydrogens is 454 g/mol. The maximum absolute atomic E-state index is 14.2. The number of amides is 1. The maximum atomic E-state index is 14.2. The van der Waals surface area contributed by atoms with Crippen molar-refractivity contribution in [2.75, 3.05) is 20.2 Å². The molecule has 1 amide bonds. The fourth-order valence-corrected chi connectivity index (χ4v) is 6.44. The summed E-state index contributed by atoms with van der Waals surface area (Å²) in [6, 6.07) is 15.9. The highest BCUT2D eigenvalue weighted by Gasteiger charge is 2.53. The number of ether oxygens (including phenoxy) is 1. The highest BCUT2D eigenvalue weighted by atomic mass is 32.1. The number of nitrogens with one attached hydrogen (secondary N) is 1. The number of fused-ring (bicyclic) bond motifs is 2. The minimum atomic E-state index is -0.505. The topological polar surface area (TPSA) is 41.6 Å². The van der Waals surface area contributed by atoms with Gasteiger partial charge in [-0.2, -0.15) is 0 Å². The summed E-state index contributed by atoms with van der Waals surface area (Å²) in [7, 11) is 1.71. The van der Waals surface area contributed by atoms with Gasteiger partial charge in [-0.05, 0) is 60.6 Å². The van der Waals surface area contributed by atoms with Crippen LogP contribution in [0.3, 0.4) is 0 Å². The number of hydrogen-bond donors (Lipinski definition) is 1. The van der Waals surface area contributed by atoms with Crippen LogP contribution in [0.2, 0.25) is 0 Å². The smallest absolute Gasteiger partial charge is 0.225 e. The average Bonchev–Trinajstić information content (AvgIpc) is 3.43. The zero-order valence-electron chi connectivity index (χ0n) is 19.1. The summed E-state index contributed by atoms with van der Waals surface area (Å²) in [5, 5.41) is 5.22. The summed E-state index contributed by atoms with van der Waals surface area (Å²) in [6.45, 7) is 1.63. The standard InChI is InChI=1S/C27H28F2N2O2S/c1-33-26-25(30-24(32)16-18-6-5-15-34-18)19-7-2-3-8-21(19)27(26)11-13-31(14-12-27)17-20-22(28)9-4-10-23(20)29/h2-10,15,25-26H,11-14,16-17H2,1H3,(H,30,32)/t25-,26+/m1/s1. The van der Waals surface area contributed by atoms with Crippen LogP contribution in [0.25, 0.3) is 0 Å². The van der Waals surface area contributed by atoms with E-state index in [0.29, 0.717) is 19.5 Å². The maximum Gasteiger partial charge on any atom is 0.225 e. The third-order valence-electron chi connectivity index (χ3n) is 7.36. The van der Waals surface area contributed by atoms with Gasteiger partial charge in [0.05, 0.1) is 18.6 Å². The van der Waals surface area contributed by atoms with Gasteiger partial charge in [0.15, 0.2) is 0 Å². The van der Waals surface area contributed by atoms with Crippen molar-refractivity contribution < 1.29 is 18.3 Å². The van der Waals surface area contributed by atoms with Crippen molar-refractivity contribution in [1.82, 2.24) is 10.2 Å². The lowest BCUT2D eigenvalue weighted by Crippen LogP contribution is -2.50. The second-order valence-electron chi connectivity index (χ2n) is 9.18. The molecule has 0 radical (unpaired) electrons. The first-order chi connectivity index (χ1) is 16.5. The Kier molecular flexibility index (Phi) is 6.51. The summed E-state index contributed by atoms with van der Waals surface area (Å²) in [5.41, 5.74) is 2.17. The summed E-state index contributed by atoms with van der Waals surface area (Å²) >= 11 is 1.57. The Morgan fingerprint density at radius 1 is 1.09 bits per heavy atom. The number of hydrogen-bond acceptors (Lipinski definition) is 4. The lowest BCUT2D eigenvalue weighted by Gasteiger charge is -2.44. The van der Waals surface area contributed by atoms with E-state index in [-0.39, 0.29) is 35.6 Å². The summed E-state index contributed by atoms with van der Waals surface area (Å²) < 4.78 is 34.5. The van der Waals surface area contributed by atoms with Crippen LogP contribution in [0.5, 0.6) is 0 Å². The van der Waals surface area contributed by atoms with Gasteiger partial charge < -0.3 is 10.1 Å². The lowest BCUT2D eigenvalue weighted by atomic mass is 9.71. The van der Waals surface area contributed by atoms with Gasteiger partial charge in [0.2, 0.25) is 5.91 Å². The van der Waals surface area contributed by atoms with Crippen LogP contribution in [0.1, 0.15) is 40.5 Å². The predicted octanol–water partition coefficient (Wildman–Crippen LogP) is 4.99. The number of benzene rings is 2. The largest absolute Gasteiger partial charge is 0.378 e. The first-order valence-electron chi connectivity index (χ1n) is 11.6. The third kappa shape index (κ3) is 4.17. The number of nitrogens with zero attached hydrogens (tertiary/aromatic N) is 1. The molecule has 34 heavy (non-hydrogen) atoms. The van der Waals surface area contributed by atoms with Crippen molar-refractivity contribution in [3.05, 3.63) is 93.2 Å². The first kappa shape index (κ1) is 23.1. The van der Waals surface area contributed by atoms with Crippen molar-refractivity contribution in [2.45, 2.75) is 43.4 Å². The van der Waals surface area contributed by atoms with E-state index in [0.717, 1.165) is 23.3 Å². The van der Waals surface area contributed by atoms with E-state index in [4.69, 9.17) is 4.74 Å². The molecule has 2 aromatic carbocycles. The molecule has 2 aliphatic rings. The number of methoxy groups -OCH3 is 1. The molecule has 7 heteroatoms. The number of halogens is 2. The fraction of sp³-hybridized carbons (Fsp3) is 0.370. The van der Waals surface area contributed by atoms with Crippen molar-refractivity contribution in [2.24, 2.45) is 0 Å². The fourth-order valence-electron chi connectivity index (χ4n) is 5.74. The van der Waals surface area contributed by atoms with Crippen LogP contribution in [0, 0.1) is 11.6 Å². The first-order valence-corrected chi connectivity index (χ1v) is 12.5. The Balaban J connectivity index is 1.36.